The lowest BCUT2D eigenvalue weighted by atomic mass is 9.82. The maximum atomic E-state index is 12.4. The topological polar surface area (TPSA) is 73.6 Å². The van der Waals surface area contributed by atoms with Crippen LogP contribution >= 0.6 is 12.4 Å². The van der Waals surface area contributed by atoms with E-state index >= 15 is 0 Å². The number of hydrogen-bond donors (Lipinski definition) is 2. The number of nitrogens with two attached hydrogens (primary N) is 1. The number of amides is 1. The second-order valence-electron chi connectivity index (χ2n) is 5.94. The van der Waals surface area contributed by atoms with Crippen molar-refractivity contribution in [1.29, 1.82) is 0 Å². The maximum Gasteiger partial charge on any atom is 0.255 e. The fourth-order valence-electron chi connectivity index (χ4n) is 3.04. The number of ether oxygens (including phenoxy) is 2. The molecule has 1 heterocycles. The van der Waals surface area contributed by atoms with E-state index in [4.69, 9.17) is 15.2 Å². The molecule has 122 valence electrons. The van der Waals surface area contributed by atoms with Crippen molar-refractivity contribution in [2.75, 3.05) is 19.8 Å². The third-order valence-electron chi connectivity index (χ3n) is 4.26. The smallest absolute Gasteiger partial charge is 0.255 e. The fourth-order valence-corrected chi connectivity index (χ4v) is 3.04. The highest BCUT2D eigenvalue weighted by Crippen LogP contribution is 2.33. The van der Waals surface area contributed by atoms with Crippen molar-refractivity contribution in [3.63, 3.8) is 0 Å². The molecule has 22 heavy (non-hydrogen) atoms. The van der Waals surface area contributed by atoms with E-state index in [1.807, 2.05) is 6.07 Å². The van der Waals surface area contributed by atoms with Crippen molar-refractivity contribution < 1.29 is 14.3 Å². The second-order valence-corrected chi connectivity index (χ2v) is 5.94. The Balaban J connectivity index is 0.00000176. The Morgan fingerprint density at radius 1 is 1.18 bits per heavy atom. The second kappa shape index (κ2) is 7.20. The summed E-state index contributed by atoms with van der Waals surface area (Å²) in [6.45, 7) is 1.50. The van der Waals surface area contributed by atoms with E-state index in [1.165, 1.54) is 6.42 Å². The Morgan fingerprint density at radius 3 is 2.68 bits per heavy atom. The summed E-state index contributed by atoms with van der Waals surface area (Å²) in [5.74, 6) is 1.03. The minimum Gasteiger partial charge on any atom is -0.486 e. The molecule has 1 aromatic carbocycles. The lowest BCUT2D eigenvalue weighted by Crippen LogP contribution is -2.51. The van der Waals surface area contributed by atoms with Crippen LogP contribution in [0.4, 0.5) is 0 Å². The molecule has 3 N–H and O–H groups in total. The molecule has 1 aromatic rings. The van der Waals surface area contributed by atoms with Crippen molar-refractivity contribution in [2.45, 2.75) is 37.6 Å². The molecule has 0 spiro atoms. The standard InChI is InChI=1S/C16H22N2O3.ClH/c17-16(7-2-1-3-8-16)11-18-15(19)12-5-4-6-13-14(12)21-10-9-20-13;/h4-6H,1-3,7-11,17H2,(H,18,19);1H. The summed E-state index contributed by atoms with van der Waals surface area (Å²) in [6.07, 6.45) is 5.47. The molecule has 0 unspecified atom stereocenters. The summed E-state index contributed by atoms with van der Waals surface area (Å²) in [5, 5.41) is 2.96. The van der Waals surface area contributed by atoms with Crippen LogP contribution in [0.5, 0.6) is 11.5 Å². The van der Waals surface area contributed by atoms with Crippen LogP contribution in [0.25, 0.3) is 0 Å². The van der Waals surface area contributed by atoms with Gasteiger partial charge >= 0.3 is 0 Å². The van der Waals surface area contributed by atoms with Gasteiger partial charge in [-0.15, -0.1) is 12.4 Å². The molecular weight excluding hydrogens is 304 g/mol. The molecule has 1 saturated carbocycles. The Bertz CT molecular complexity index is 530. The van der Waals surface area contributed by atoms with E-state index in [9.17, 15) is 4.79 Å². The van der Waals surface area contributed by atoms with Gasteiger partial charge in [-0.1, -0.05) is 25.3 Å². The van der Waals surface area contributed by atoms with Gasteiger partial charge in [0.1, 0.15) is 13.2 Å². The highest BCUT2D eigenvalue weighted by atomic mass is 35.5. The number of carbonyl (C=O) groups excluding carboxylic acids is 1. The first kappa shape index (κ1) is 16.9. The van der Waals surface area contributed by atoms with Crippen molar-refractivity contribution >= 4 is 18.3 Å². The Kier molecular flexibility index (Phi) is 5.53. The minimum atomic E-state index is -0.264. The van der Waals surface area contributed by atoms with Gasteiger partial charge in [-0.05, 0) is 25.0 Å². The quantitative estimate of drug-likeness (QED) is 0.893. The van der Waals surface area contributed by atoms with Crippen LogP contribution in [0.1, 0.15) is 42.5 Å². The van der Waals surface area contributed by atoms with Crippen LogP contribution < -0.4 is 20.5 Å². The van der Waals surface area contributed by atoms with Gasteiger partial charge in [0.25, 0.3) is 5.91 Å². The highest BCUT2D eigenvalue weighted by Gasteiger charge is 2.28. The Hall–Kier alpha value is -1.46. The molecule has 1 aliphatic carbocycles. The molecular formula is C16H23ClN2O3. The molecule has 0 radical (unpaired) electrons. The Morgan fingerprint density at radius 2 is 1.91 bits per heavy atom. The van der Waals surface area contributed by atoms with Crippen molar-refractivity contribution in [1.82, 2.24) is 5.32 Å². The van der Waals surface area contributed by atoms with Crippen LogP contribution in [-0.2, 0) is 0 Å². The number of benzene rings is 1. The number of hydrogen-bond acceptors (Lipinski definition) is 4. The third kappa shape index (κ3) is 3.65. The van der Waals surface area contributed by atoms with Gasteiger partial charge in [-0.3, -0.25) is 4.79 Å². The van der Waals surface area contributed by atoms with E-state index in [2.05, 4.69) is 5.32 Å². The molecule has 0 aromatic heterocycles. The minimum absolute atomic E-state index is 0. The van der Waals surface area contributed by atoms with E-state index in [-0.39, 0.29) is 23.9 Å². The molecule has 0 bridgehead atoms. The molecule has 1 amide bonds. The average Bonchev–Trinajstić information content (AvgIpc) is 2.53. The van der Waals surface area contributed by atoms with Gasteiger partial charge < -0.3 is 20.5 Å². The third-order valence-corrected chi connectivity index (χ3v) is 4.26. The predicted octanol–water partition coefficient (Wildman–Crippen LogP) is 2.27. The highest BCUT2D eigenvalue weighted by molar-refractivity contribution is 5.97. The summed E-state index contributed by atoms with van der Waals surface area (Å²) in [5.41, 5.74) is 6.61. The van der Waals surface area contributed by atoms with Gasteiger partial charge in [0, 0.05) is 12.1 Å². The van der Waals surface area contributed by atoms with Gasteiger partial charge in [0.15, 0.2) is 11.5 Å². The number of rotatable bonds is 3. The molecule has 1 aliphatic heterocycles. The van der Waals surface area contributed by atoms with Gasteiger partial charge in [0.05, 0.1) is 5.56 Å². The average molecular weight is 327 g/mol. The SMILES string of the molecule is Cl.NC1(CNC(=O)c2cccc3c2OCCO3)CCCCC1. The van der Waals surface area contributed by atoms with Crippen LogP contribution in [0.3, 0.4) is 0 Å². The first-order valence-electron chi connectivity index (χ1n) is 7.64. The number of para-hydroxylation sites is 1. The first-order chi connectivity index (χ1) is 10.2. The number of carbonyl (C=O) groups is 1. The van der Waals surface area contributed by atoms with E-state index in [0.717, 1.165) is 25.7 Å². The number of nitrogens with one attached hydrogen (secondary N) is 1. The normalized spacial score (nSPS) is 19.0. The van der Waals surface area contributed by atoms with Crippen LogP contribution in [-0.4, -0.2) is 31.2 Å². The number of halogens is 1. The molecule has 0 saturated heterocycles. The zero-order chi connectivity index (χ0) is 14.7. The zero-order valence-electron chi connectivity index (χ0n) is 12.6. The lowest BCUT2D eigenvalue weighted by Gasteiger charge is -2.33. The van der Waals surface area contributed by atoms with E-state index in [1.54, 1.807) is 12.1 Å². The predicted molar refractivity (Wildman–Crippen MR) is 87.0 cm³/mol. The van der Waals surface area contributed by atoms with Crippen molar-refractivity contribution in [3.8, 4) is 11.5 Å². The van der Waals surface area contributed by atoms with Gasteiger partial charge in [-0.2, -0.15) is 0 Å². The summed E-state index contributed by atoms with van der Waals surface area (Å²) >= 11 is 0. The lowest BCUT2D eigenvalue weighted by molar-refractivity contribution is 0.0926. The monoisotopic (exact) mass is 326 g/mol. The summed E-state index contributed by atoms with van der Waals surface area (Å²) in [6, 6.07) is 5.38. The van der Waals surface area contributed by atoms with E-state index < -0.39 is 0 Å². The fraction of sp³-hybridized carbons (Fsp3) is 0.562. The van der Waals surface area contributed by atoms with Crippen LogP contribution in [0.2, 0.25) is 0 Å². The van der Waals surface area contributed by atoms with Crippen LogP contribution in [0, 0.1) is 0 Å². The zero-order valence-corrected chi connectivity index (χ0v) is 13.4. The van der Waals surface area contributed by atoms with Gasteiger partial charge in [-0.25, -0.2) is 0 Å². The maximum absolute atomic E-state index is 12.4. The molecule has 6 heteroatoms. The summed E-state index contributed by atoms with van der Waals surface area (Å²) < 4.78 is 11.1. The largest absolute Gasteiger partial charge is 0.486 e. The molecule has 2 aliphatic rings. The Labute approximate surface area is 137 Å². The molecule has 1 fully saturated rings. The van der Waals surface area contributed by atoms with Gasteiger partial charge in [0.2, 0.25) is 0 Å². The van der Waals surface area contributed by atoms with Crippen molar-refractivity contribution in [2.24, 2.45) is 5.73 Å². The summed E-state index contributed by atoms with van der Waals surface area (Å²) in [7, 11) is 0. The number of fused-ring (bicyclic) bond motifs is 1. The first-order valence-corrected chi connectivity index (χ1v) is 7.64. The molecule has 0 atom stereocenters. The molecule has 5 nitrogen and oxygen atoms in total. The van der Waals surface area contributed by atoms with E-state index in [0.29, 0.717) is 36.8 Å². The van der Waals surface area contributed by atoms with Crippen LogP contribution in [0.15, 0.2) is 18.2 Å². The van der Waals surface area contributed by atoms with Crippen molar-refractivity contribution in [3.05, 3.63) is 23.8 Å². The summed E-state index contributed by atoms with van der Waals surface area (Å²) in [4.78, 5) is 12.4. The molecule has 3 rings (SSSR count).